The Morgan fingerprint density at radius 3 is 2.18 bits per heavy atom. The molecule has 0 bridgehead atoms. The molecule has 0 unspecified atom stereocenters. The third kappa shape index (κ3) is 1.85. The van der Waals surface area contributed by atoms with Crippen LogP contribution in [0.5, 0.6) is 5.75 Å². The van der Waals surface area contributed by atoms with Crippen LogP contribution < -0.4 is 9.64 Å². The van der Waals surface area contributed by atoms with Crippen molar-refractivity contribution in [2.75, 3.05) is 12.0 Å². The SMILES string of the molecule is COc1cc(N2C(=O)c3ccccc3C2=O)c(C)cc1C#N. The van der Waals surface area contributed by atoms with Gasteiger partial charge in [-0.15, -0.1) is 0 Å². The molecule has 5 nitrogen and oxygen atoms in total. The molecule has 108 valence electrons. The van der Waals surface area contributed by atoms with Gasteiger partial charge >= 0.3 is 0 Å². The zero-order valence-corrected chi connectivity index (χ0v) is 12.1. The quantitative estimate of drug-likeness (QED) is 0.798. The van der Waals surface area contributed by atoms with Crippen LogP contribution in [0, 0.1) is 18.3 Å². The van der Waals surface area contributed by atoms with E-state index in [0.717, 1.165) is 4.90 Å². The summed E-state index contributed by atoms with van der Waals surface area (Å²) >= 11 is 0. The van der Waals surface area contributed by atoms with Crippen LogP contribution in [-0.2, 0) is 0 Å². The Hall–Kier alpha value is -3.13. The van der Waals surface area contributed by atoms with Crippen LogP contribution in [0.1, 0.15) is 31.8 Å². The minimum absolute atomic E-state index is 0.333. The number of imide groups is 1. The van der Waals surface area contributed by atoms with E-state index in [-0.39, 0.29) is 11.8 Å². The van der Waals surface area contributed by atoms with E-state index in [2.05, 4.69) is 0 Å². The topological polar surface area (TPSA) is 70.4 Å². The third-order valence-electron chi connectivity index (χ3n) is 3.67. The monoisotopic (exact) mass is 292 g/mol. The Balaban J connectivity index is 2.16. The normalized spacial score (nSPS) is 13.0. The van der Waals surface area contributed by atoms with Gasteiger partial charge in [0.2, 0.25) is 0 Å². The van der Waals surface area contributed by atoms with Crippen molar-refractivity contribution in [1.29, 1.82) is 5.26 Å². The molecule has 3 rings (SSSR count). The fraction of sp³-hybridized carbons (Fsp3) is 0.118. The van der Waals surface area contributed by atoms with Gasteiger partial charge in [0.25, 0.3) is 11.8 Å². The summed E-state index contributed by atoms with van der Waals surface area (Å²) in [5.41, 5.74) is 2.22. The lowest BCUT2D eigenvalue weighted by molar-refractivity contribution is 0.0926. The van der Waals surface area contributed by atoms with Crippen LogP contribution in [0.25, 0.3) is 0 Å². The van der Waals surface area contributed by atoms with Crippen molar-refractivity contribution >= 4 is 17.5 Å². The van der Waals surface area contributed by atoms with Crippen molar-refractivity contribution in [3.05, 3.63) is 58.7 Å². The van der Waals surface area contributed by atoms with Crippen molar-refractivity contribution in [2.45, 2.75) is 6.92 Å². The van der Waals surface area contributed by atoms with Gasteiger partial charge in [0.05, 0.1) is 29.5 Å². The van der Waals surface area contributed by atoms with Crippen LogP contribution >= 0.6 is 0 Å². The van der Waals surface area contributed by atoms with Gasteiger partial charge in [-0.05, 0) is 30.7 Å². The van der Waals surface area contributed by atoms with E-state index in [4.69, 9.17) is 10.00 Å². The van der Waals surface area contributed by atoms with E-state index in [9.17, 15) is 9.59 Å². The highest BCUT2D eigenvalue weighted by molar-refractivity contribution is 6.34. The summed E-state index contributed by atoms with van der Waals surface area (Å²) in [5.74, 6) is -0.398. The number of benzene rings is 2. The number of methoxy groups -OCH3 is 1. The summed E-state index contributed by atoms with van der Waals surface area (Å²) in [7, 11) is 1.44. The summed E-state index contributed by atoms with van der Waals surface area (Å²) in [4.78, 5) is 26.2. The molecule has 0 saturated carbocycles. The van der Waals surface area contributed by atoms with Gasteiger partial charge in [-0.1, -0.05) is 12.1 Å². The molecule has 1 aliphatic rings. The van der Waals surface area contributed by atoms with E-state index in [0.29, 0.717) is 33.7 Å². The predicted octanol–water partition coefficient (Wildman–Crippen LogP) is 2.68. The number of carbonyl (C=O) groups excluding carboxylic acids is 2. The number of rotatable bonds is 2. The smallest absolute Gasteiger partial charge is 0.266 e. The van der Waals surface area contributed by atoms with Crippen LogP contribution in [0.15, 0.2) is 36.4 Å². The van der Waals surface area contributed by atoms with Gasteiger partial charge in [-0.2, -0.15) is 5.26 Å². The molecule has 0 radical (unpaired) electrons. The van der Waals surface area contributed by atoms with Gasteiger partial charge in [-0.25, -0.2) is 4.90 Å². The molecule has 1 heterocycles. The van der Waals surface area contributed by atoms with Crippen molar-refractivity contribution in [3.63, 3.8) is 0 Å². The highest BCUT2D eigenvalue weighted by Gasteiger charge is 2.37. The zero-order chi connectivity index (χ0) is 15.9. The van der Waals surface area contributed by atoms with E-state index < -0.39 is 0 Å². The Kier molecular flexibility index (Phi) is 3.15. The lowest BCUT2D eigenvalue weighted by Crippen LogP contribution is -2.30. The van der Waals surface area contributed by atoms with E-state index in [1.54, 1.807) is 43.3 Å². The molecule has 1 aliphatic heterocycles. The Labute approximate surface area is 127 Å². The second-order valence-corrected chi connectivity index (χ2v) is 4.94. The number of nitriles is 1. The second-order valence-electron chi connectivity index (χ2n) is 4.94. The molecule has 2 amide bonds. The second kappa shape index (κ2) is 5.01. The molecular weight excluding hydrogens is 280 g/mol. The van der Waals surface area contributed by atoms with Gasteiger partial charge in [0, 0.05) is 6.07 Å². The first kappa shape index (κ1) is 13.8. The number of aryl methyl sites for hydroxylation is 1. The molecule has 5 heteroatoms. The fourth-order valence-corrected chi connectivity index (χ4v) is 2.58. The van der Waals surface area contributed by atoms with Crippen molar-refractivity contribution in [3.8, 4) is 11.8 Å². The zero-order valence-electron chi connectivity index (χ0n) is 12.1. The van der Waals surface area contributed by atoms with Gasteiger partial charge in [0.15, 0.2) is 0 Å². The number of nitrogens with zero attached hydrogens (tertiary/aromatic N) is 2. The van der Waals surface area contributed by atoms with Crippen molar-refractivity contribution in [1.82, 2.24) is 0 Å². The van der Waals surface area contributed by atoms with Crippen molar-refractivity contribution < 1.29 is 14.3 Å². The standard InChI is InChI=1S/C17H12N2O3/c1-10-7-11(9-18)15(22-2)8-14(10)19-16(20)12-5-3-4-6-13(12)17(19)21/h3-8H,1-2H3. The maximum Gasteiger partial charge on any atom is 0.266 e. The lowest BCUT2D eigenvalue weighted by Gasteiger charge is -2.18. The number of carbonyl (C=O) groups is 2. The molecule has 0 atom stereocenters. The molecule has 0 aromatic heterocycles. The molecule has 0 aliphatic carbocycles. The van der Waals surface area contributed by atoms with Crippen LogP contribution in [0.4, 0.5) is 5.69 Å². The summed E-state index contributed by atoms with van der Waals surface area (Å²) < 4.78 is 5.17. The van der Waals surface area contributed by atoms with Crippen molar-refractivity contribution in [2.24, 2.45) is 0 Å². The maximum atomic E-state index is 12.5. The molecule has 0 spiro atoms. The maximum absolute atomic E-state index is 12.5. The number of ether oxygens (including phenoxy) is 1. The molecule has 2 aromatic carbocycles. The number of amides is 2. The summed E-state index contributed by atoms with van der Waals surface area (Å²) in [6.07, 6.45) is 0. The summed E-state index contributed by atoms with van der Waals surface area (Å²) in [5, 5.41) is 9.10. The minimum Gasteiger partial charge on any atom is -0.495 e. The summed E-state index contributed by atoms with van der Waals surface area (Å²) in [6, 6.07) is 11.9. The first-order valence-electron chi connectivity index (χ1n) is 6.65. The van der Waals surface area contributed by atoms with Gasteiger partial charge in [-0.3, -0.25) is 9.59 Å². The van der Waals surface area contributed by atoms with Gasteiger partial charge < -0.3 is 4.74 Å². The Morgan fingerprint density at radius 2 is 1.68 bits per heavy atom. The molecule has 22 heavy (non-hydrogen) atoms. The van der Waals surface area contributed by atoms with Crippen LogP contribution in [-0.4, -0.2) is 18.9 Å². The van der Waals surface area contributed by atoms with Gasteiger partial charge in [0.1, 0.15) is 11.8 Å². The highest BCUT2D eigenvalue weighted by Crippen LogP contribution is 2.34. The average Bonchev–Trinajstić information content (AvgIpc) is 2.79. The number of hydrogen-bond acceptors (Lipinski definition) is 4. The van der Waals surface area contributed by atoms with E-state index in [1.807, 2.05) is 6.07 Å². The number of hydrogen-bond donors (Lipinski definition) is 0. The Bertz CT molecular complexity index is 814. The summed E-state index contributed by atoms with van der Waals surface area (Å²) in [6.45, 7) is 1.75. The molecular formula is C17H12N2O3. The average molecular weight is 292 g/mol. The fourth-order valence-electron chi connectivity index (χ4n) is 2.58. The van der Waals surface area contributed by atoms with E-state index >= 15 is 0 Å². The first-order valence-corrected chi connectivity index (χ1v) is 6.65. The van der Waals surface area contributed by atoms with E-state index in [1.165, 1.54) is 7.11 Å². The van der Waals surface area contributed by atoms with Crippen LogP contribution in [0.2, 0.25) is 0 Å². The minimum atomic E-state index is -0.365. The highest BCUT2D eigenvalue weighted by atomic mass is 16.5. The molecule has 0 saturated heterocycles. The number of anilines is 1. The largest absolute Gasteiger partial charge is 0.495 e. The lowest BCUT2D eigenvalue weighted by atomic mass is 10.1. The number of fused-ring (bicyclic) bond motifs is 1. The first-order chi connectivity index (χ1) is 10.6. The Morgan fingerprint density at radius 1 is 1.09 bits per heavy atom. The molecule has 0 N–H and O–H groups in total. The molecule has 2 aromatic rings. The predicted molar refractivity (Wildman–Crippen MR) is 80.0 cm³/mol. The third-order valence-corrected chi connectivity index (χ3v) is 3.67. The van der Waals surface area contributed by atoms with Crippen LogP contribution in [0.3, 0.4) is 0 Å². The molecule has 0 fully saturated rings.